The van der Waals surface area contributed by atoms with Gasteiger partial charge in [0.2, 0.25) is 5.82 Å². The average molecular weight is 326 g/mol. The molecule has 1 N–H and O–H groups in total. The molecule has 24 heavy (non-hydrogen) atoms. The molecular formula is C17H18N4O3. The second kappa shape index (κ2) is 6.66. The fraction of sp³-hybridized carbons (Fsp3) is 0.294. The third kappa shape index (κ3) is 3.05. The Labute approximate surface area is 139 Å². The van der Waals surface area contributed by atoms with E-state index in [2.05, 4.69) is 20.4 Å². The molecule has 0 aliphatic rings. The lowest BCUT2D eigenvalue weighted by Gasteiger charge is -2.15. The van der Waals surface area contributed by atoms with E-state index in [1.165, 1.54) is 0 Å². The largest absolute Gasteiger partial charge is 0.460 e. The van der Waals surface area contributed by atoms with Gasteiger partial charge in [-0.1, -0.05) is 35.5 Å². The molecule has 2 heterocycles. The molecule has 7 heteroatoms. The van der Waals surface area contributed by atoms with Crippen LogP contribution in [0.2, 0.25) is 0 Å². The predicted molar refractivity (Wildman–Crippen MR) is 88.8 cm³/mol. The molecule has 0 amide bonds. The van der Waals surface area contributed by atoms with Gasteiger partial charge in [-0.05, 0) is 26.3 Å². The van der Waals surface area contributed by atoms with Crippen LogP contribution in [0.4, 0.5) is 5.82 Å². The number of benzene rings is 1. The van der Waals surface area contributed by atoms with Crippen LogP contribution in [-0.4, -0.2) is 27.7 Å². The van der Waals surface area contributed by atoms with E-state index in [-0.39, 0.29) is 24.2 Å². The molecule has 2 aromatic heterocycles. The van der Waals surface area contributed by atoms with E-state index in [0.29, 0.717) is 16.9 Å². The zero-order valence-corrected chi connectivity index (χ0v) is 13.7. The highest BCUT2D eigenvalue weighted by Crippen LogP contribution is 2.27. The Morgan fingerprint density at radius 1 is 1.29 bits per heavy atom. The number of aryl methyl sites for hydroxylation is 1. The van der Waals surface area contributed by atoms with Crippen molar-refractivity contribution in [3.8, 4) is 0 Å². The van der Waals surface area contributed by atoms with E-state index >= 15 is 0 Å². The number of nitrogens with zero attached hydrogens (tertiary/aromatic N) is 3. The number of esters is 1. The molecule has 0 saturated heterocycles. The lowest BCUT2D eigenvalue weighted by Crippen LogP contribution is -2.14. The molecule has 0 saturated carbocycles. The number of carbonyl (C=O) groups excluding carboxylic acids is 1. The summed E-state index contributed by atoms with van der Waals surface area (Å²) in [4.78, 5) is 20.4. The summed E-state index contributed by atoms with van der Waals surface area (Å²) in [7, 11) is 0. The Morgan fingerprint density at radius 3 is 2.75 bits per heavy atom. The first-order chi connectivity index (χ1) is 11.6. The highest BCUT2D eigenvalue weighted by atomic mass is 16.5. The molecule has 0 aliphatic carbocycles. The van der Waals surface area contributed by atoms with E-state index in [4.69, 9.17) is 9.26 Å². The third-order valence-electron chi connectivity index (χ3n) is 3.62. The smallest absolute Gasteiger partial charge is 0.376 e. The minimum absolute atomic E-state index is 0.0198. The van der Waals surface area contributed by atoms with Crippen molar-refractivity contribution >= 4 is 22.9 Å². The van der Waals surface area contributed by atoms with E-state index in [0.717, 1.165) is 5.56 Å². The van der Waals surface area contributed by atoms with Gasteiger partial charge in [0.25, 0.3) is 5.71 Å². The van der Waals surface area contributed by atoms with Crippen molar-refractivity contribution in [2.45, 2.75) is 26.8 Å². The van der Waals surface area contributed by atoms with E-state index in [1.54, 1.807) is 13.8 Å². The standard InChI is InChI=1S/C17H18N4O3/c1-4-23-17(22)15-19-14(13-11(3)21-24-16(13)20-15)18-10(2)12-8-6-5-7-9-12/h5-10H,4H2,1-3H3,(H,18,19,20). The Kier molecular flexibility index (Phi) is 4.41. The maximum atomic E-state index is 12.0. The minimum Gasteiger partial charge on any atom is -0.460 e. The molecule has 3 rings (SSSR count). The van der Waals surface area contributed by atoms with Gasteiger partial charge in [-0.15, -0.1) is 0 Å². The van der Waals surface area contributed by atoms with Crippen molar-refractivity contribution in [1.29, 1.82) is 0 Å². The van der Waals surface area contributed by atoms with Gasteiger partial charge in [-0.3, -0.25) is 0 Å². The summed E-state index contributed by atoms with van der Waals surface area (Å²) >= 11 is 0. The maximum Gasteiger partial charge on any atom is 0.376 e. The number of hydrogen-bond acceptors (Lipinski definition) is 7. The number of fused-ring (bicyclic) bond motifs is 1. The van der Waals surface area contributed by atoms with Crippen LogP contribution < -0.4 is 5.32 Å². The Bertz CT molecular complexity index is 861. The monoisotopic (exact) mass is 326 g/mol. The zero-order valence-electron chi connectivity index (χ0n) is 13.7. The number of nitrogens with one attached hydrogen (secondary N) is 1. The van der Waals surface area contributed by atoms with Gasteiger partial charge >= 0.3 is 5.97 Å². The molecule has 0 aliphatic heterocycles. The van der Waals surface area contributed by atoms with Crippen LogP contribution in [0, 0.1) is 6.92 Å². The number of ether oxygens (including phenoxy) is 1. The van der Waals surface area contributed by atoms with Crippen LogP contribution in [0.1, 0.15) is 41.8 Å². The van der Waals surface area contributed by atoms with Gasteiger partial charge in [0, 0.05) is 6.04 Å². The molecule has 1 unspecified atom stereocenters. The predicted octanol–water partition coefficient (Wildman–Crippen LogP) is 3.28. The summed E-state index contributed by atoms with van der Waals surface area (Å²) < 4.78 is 10.2. The van der Waals surface area contributed by atoms with Crippen molar-refractivity contribution in [3.63, 3.8) is 0 Å². The average Bonchev–Trinajstić information content (AvgIpc) is 2.97. The summed E-state index contributed by atoms with van der Waals surface area (Å²) in [5.74, 6) is -0.148. The summed E-state index contributed by atoms with van der Waals surface area (Å²) in [5, 5.41) is 7.88. The highest BCUT2D eigenvalue weighted by Gasteiger charge is 2.20. The normalized spacial score (nSPS) is 12.1. The van der Waals surface area contributed by atoms with Crippen molar-refractivity contribution in [1.82, 2.24) is 15.1 Å². The van der Waals surface area contributed by atoms with Crippen LogP contribution in [0.15, 0.2) is 34.9 Å². The lowest BCUT2D eigenvalue weighted by atomic mass is 10.1. The Hall–Kier alpha value is -2.96. The first-order valence-electron chi connectivity index (χ1n) is 7.72. The second-order valence-electron chi connectivity index (χ2n) is 5.34. The highest BCUT2D eigenvalue weighted by molar-refractivity contribution is 5.93. The molecule has 124 valence electrons. The summed E-state index contributed by atoms with van der Waals surface area (Å²) in [6.45, 7) is 5.79. The van der Waals surface area contributed by atoms with Crippen LogP contribution in [0.25, 0.3) is 11.1 Å². The molecule has 0 radical (unpaired) electrons. The van der Waals surface area contributed by atoms with Crippen LogP contribution in [0.5, 0.6) is 0 Å². The zero-order chi connectivity index (χ0) is 17.1. The van der Waals surface area contributed by atoms with Crippen LogP contribution >= 0.6 is 0 Å². The number of rotatable bonds is 5. The van der Waals surface area contributed by atoms with Gasteiger partial charge in [-0.2, -0.15) is 4.98 Å². The first kappa shape index (κ1) is 15.9. The molecule has 0 fully saturated rings. The second-order valence-corrected chi connectivity index (χ2v) is 5.34. The number of hydrogen-bond donors (Lipinski definition) is 1. The molecule has 1 atom stereocenters. The van der Waals surface area contributed by atoms with Crippen molar-refractivity contribution < 1.29 is 14.1 Å². The SMILES string of the molecule is CCOC(=O)c1nc(NC(C)c2ccccc2)c2c(C)noc2n1. The fourth-order valence-electron chi connectivity index (χ4n) is 2.41. The van der Waals surface area contributed by atoms with Crippen LogP contribution in [0.3, 0.4) is 0 Å². The minimum atomic E-state index is -0.594. The van der Waals surface area contributed by atoms with Crippen LogP contribution in [-0.2, 0) is 4.74 Å². The van der Waals surface area contributed by atoms with E-state index in [1.807, 2.05) is 37.3 Å². The van der Waals surface area contributed by atoms with Gasteiger partial charge in [-0.25, -0.2) is 9.78 Å². The van der Waals surface area contributed by atoms with Gasteiger partial charge in [0.05, 0.1) is 12.3 Å². The molecule has 0 spiro atoms. The van der Waals surface area contributed by atoms with Gasteiger partial charge < -0.3 is 14.6 Å². The maximum absolute atomic E-state index is 12.0. The molecule has 3 aromatic rings. The summed E-state index contributed by atoms with van der Waals surface area (Å²) in [5.41, 5.74) is 2.01. The number of anilines is 1. The topological polar surface area (TPSA) is 90.1 Å². The Balaban J connectivity index is 2.01. The molecule has 7 nitrogen and oxygen atoms in total. The molecule has 1 aromatic carbocycles. The summed E-state index contributed by atoms with van der Waals surface area (Å²) in [6.07, 6.45) is 0. The van der Waals surface area contributed by atoms with Gasteiger partial charge in [0.1, 0.15) is 11.2 Å². The van der Waals surface area contributed by atoms with Crippen molar-refractivity contribution in [3.05, 3.63) is 47.4 Å². The van der Waals surface area contributed by atoms with E-state index < -0.39 is 5.97 Å². The number of carbonyl (C=O) groups is 1. The number of aromatic nitrogens is 3. The van der Waals surface area contributed by atoms with E-state index in [9.17, 15) is 4.79 Å². The third-order valence-corrected chi connectivity index (χ3v) is 3.62. The molecule has 0 bridgehead atoms. The first-order valence-corrected chi connectivity index (χ1v) is 7.72. The molecular weight excluding hydrogens is 308 g/mol. The fourth-order valence-corrected chi connectivity index (χ4v) is 2.41. The quantitative estimate of drug-likeness (QED) is 0.719. The summed E-state index contributed by atoms with van der Waals surface area (Å²) in [6, 6.07) is 9.91. The van der Waals surface area contributed by atoms with Crippen molar-refractivity contribution in [2.24, 2.45) is 0 Å². The Morgan fingerprint density at radius 2 is 2.04 bits per heavy atom. The van der Waals surface area contributed by atoms with Crippen molar-refractivity contribution in [2.75, 3.05) is 11.9 Å². The van der Waals surface area contributed by atoms with Gasteiger partial charge in [0.15, 0.2) is 0 Å². The lowest BCUT2D eigenvalue weighted by molar-refractivity contribution is 0.0512.